The van der Waals surface area contributed by atoms with Crippen LogP contribution in [0.1, 0.15) is 63.9 Å². The van der Waals surface area contributed by atoms with Crippen molar-refractivity contribution in [3.05, 3.63) is 29.8 Å². The summed E-state index contributed by atoms with van der Waals surface area (Å²) in [7, 11) is 1.62. The first-order chi connectivity index (χ1) is 11.9. The molecule has 2 unspecified atom stereocenters. The van der Waals surface area contributed by atoms with Gasteiger partial charge in [0.05, 0.1) is 12.2 Å². The summed E-state index contributed by atoms with van der Waals surface area (Å²) in [6, 6.07) is 8.33. The largest absolute Gasteiger partial charge is 0.468 e. The van der Waals surface area contributed by atoms with Crippen molar-refractivity contribution >= 4 is 0 Å². The number of rotatable bonds is 4. The second-order valence-corrected chi connectivity index (χ2v) is 8.66. The van der Waals surface area contributed by atoms with Crippen molar-refractivity contribution in [3.8, 4) is 5.75 Å². The van der Waals surface area contributed by atoms with Crippen LogP contribution in [0.2, 0.25) is 0 Å². The van der Waals surface area contributed by atoms with Gasteiger partial charge in [-0.2, -0.15) is 0 Å². The van der Waals surface area contributed by atoms with Gasteiger partial charge in [0.25, 0.3) is 0 Å². The van der Waals surface area contributed by atoms with Crippen LogP contribution < -0.4 is 4.74 Å². The maximum Gasteiger partial charge on any atom is 0.188 e. The summed E-state index contributed by atoms with van der Waals surface area (Å²) in [5, 5.41) is 21.1. The molecule has 2 aliphatic carbocycles. The number of aliphatic hydroxyl groups is 2. The van der Waals surface area contributed by atoms with Crippen LogP contribution in [0.4, 0.5) is 0 Å². The van der Waals surface area contributed by atoms with Crippen LogP contribution in [-0.4, -0.2) is 36.3 Å². The molecule has 1 aromatic carbocycles. The van der Waals surface area contributed by atoms with E-state index in [-0.39, 0.29) is 17.6 Å². The van der Waals surface area contributed by atoms with E-state index in [0.717, 1.165) is 44.3 Å². The fourth-order valence-corrected chi connectivity index (χ4v) is 4.59. The van der Waals surface area contributed by atoms with Crippen LogP contribution in [-0.2, 0) is 4.74 Å². The van der Waals surface area contributed by atoms with Crippen molar-refractivity contribution in [2.45, 2.75) is 70.5 Å². The highest BCUT2D eigenvalue weighted by molar-refractivity contribution is 5.29. The molecule has 0 aliphatic heterocycles. The first-order valence-corrected chi connectivity index (χ1v) is 9.44. The molecule has 1 spiro atoms. The van der Waals surface area contributed by atoms with E-state index >= 15 is 0 Å². The third kappa shape index (κ3) is 3.86. The van der Waals surface area contributed by atoms with E-state index in [1.165, 1.54) is 5.56 Å². The molecular formula is C21H32O4. The monoisotopic (exact) mass is 348 g/mol. The number of hydrogen-bond acceptors (Lipinski definition) is 4. The van der Waals surface area contributed by atoms with Gasteiger partial charge in [0.1, 0.15) is 5.75 Å². The fraction of sp³-hybridized carbons (Fsp3) is 0.714. The summed E-state index contributed by atoms with van der Waals surface area (Å²) in [6.07, 6.45) is 5.25. The van der Waals surface area contributed by atoms with Crippen molar-refractivity contribution in [2.24, 2.45) is 10.8 Å². The van der Waals surface area contributed by atoms with Gasteiger partial charge in [-0.05, 0) is 67.6 Å². The number of ether oxygens (including phenoxy) is 2. The van der Waals surface area contributed by atoms with Gasteiger partial charge in [-0.25, -0.2) is 0 Å². The quantitative estimate of drug-likeness (QED) is 0.811. The second-order valence-electron chi connectivity index (χ2n) is 8.66. The topological polar surface area (TPSA) is 58.9 Å². The van der Waals surface area contributed by atoms with E-state index in [4.69, 9.17) is 9.47 Å². The Kier molecular flexibility index (Phi) is 5.42. The zero-order valence-electron chi connectivity index (χ0n) is 15.7. The zero-order valence-corrected chi connectivity index (χ0v) is 15.7. The number of aliphatic hydroxyl groups excluding tert-OH is 2. The molecule has 1 aromatic rings. The van der Waals surface area contributed by atoms with Gasteiger partial charge < -0.3 is 19.7 Å². The average Bonchev–Trinajstić information content (AvgIpc) is 2.60. The maximum atomic E-state index is 10.5. The van der Waals surface area contributed by atoms with Crippen LogP contribution in [0.25, 0.3) is 0 Å². The highest BCUT2D eigenvalue weighted by Gasteiger charge is 2.50. The van der Waals surface area contributed by atoms with Crippen molar-refractivity contribution in [2.75, 3.05) is 13.9 Å². The smallest absolute Gasteiger partial charge is 0.188 e. The number of methoxy groups -OCH3 is 1. The first kappa shape index (κ1) is 18.7. The lowest BCUT2D eigenvalue weighted by Gasteiger charge is -2.52. The number of hydrogen-bond donors (Lipinski definition) is 2. The van der Waals surface area contributed by atoms with E-state index in [9.17, 15) is 10.2 Å². The van der Waals surface area contributed by atoms with E-state index in [0.29, 0.717) is 5.92 Å². The average molecular weight is 348 g/mol. The van der Waals surface area contributed by atoms with Gasteiger partial charge in [0.2, 0.25) is 0 Å². The molecule has 25 heavy (non-hydrogen) atoms. The van der Waals surface area contributed by atoms with Crippen LogP contribution >= 0.6 is 0 Å². The summed E-state index contributed by atoms with van der Waals surface area (Å²) >= 11 is 0. The van der Waals surface area contributed by atoms with Crippen molar-refractivity contribution in [1.82, 2.24) is 0 Å². The molecule has 3 rings (SSSR count). The fourth-order valence-electron chi connectivity index (χ4n) is 4.59. The van der Waals surface area contributed by atoms with Crippen LogP contribution in [0.5, 0.6) is 5.75 Å². The molecule has 0 amide bonds. The minimum Gasteiger partial charge on any atom is -0.468 e. The van der Waals surface area contributed by atoms with E-state index < -0.39 is 12.2 Å². The normalized spacial score (nSPS) is 34.8. The second kappa shape index (κ2) is 7.26. The summed E-state index contributed by atoms with van der Waals surface area (Å²) in [6.45, 7) is 4.23. The van der Waals surface area contributed by atoms with Gasteiger partial charge in [-0.15, -0.1) is 0 Å². The van der Waals surface area contributed by atoms with Gasteiger partial charge in [0.15, 0.2) is 6.79 Å². The van der Waals surface area contributed by atoms with E-state index in [1.807, 2.05) is 26.0 Å². The summed E-state index contributed by atoms with van der Waals surface area (Å²) in [4.78, 5) is 0. The molecule has 0 aromatic heterocycles. The Balaban J connectivity index is 1.60. The predicted octanol–water partition coefficient (Wildman–Crippen LogP) is 3.86. The van der Waals surface area contributed by atoms with E-state index in [1.54, 1.807) is 7.11 Å². The third-order valence-electron chi connectivity index (χ3n) is 6.71. The molecule has 2 atom stereocenters. The Morgan fingerprint density at radius 3 is 2.08 bits per heavy atom. The third-order valence-corrected chi connectivity index (χ3v) is 6.71. The zero-order chi connectivity index (χ0) is 18.1. The molecule has 0 radical (unpaired) electrons. The Morgan fingerprint density at radius 1 is 1.00 bits per heavy atom. The standard InChI is InChI=1S/C21H32O4/c1-20(2)18(22)12-21(13-19(20)23)10-8-16(9-11-21)15-4-6-17(7-5-15)25-14-24-3/h4-7,16,18-19,22-23H,8-14H2,1-3H3. The lowest BCUT2D eigenvalue weighted by Crippen LogP contribution is -2.51. The maximum absolute atomic E-state index is 10.5. The molecule has 2 saturated carbocycles. The lowest BCUT2D eigenvalue weighted by molar-refractivity contribution is -0.133. The molecule has 2 aliphatic rings. The predicted molar refractivity (Wildman–Crippen MR) is 97.6 cm³/mol. The number of benzene rings is 1. The highest BCUT2D eigenvalue weighted by Crippen LogP contribution is 2.54. The van der Waals surface area contributed by atoms with Crippen molar-refractivity contribution in [3.63, 3.8) is 0 Å². The van der Waals surface area contributed by atoms with Gasteiger partial charge in [0, 0.05) is 12.5 Å². The summed E-state index contributed by atoms with van der Waals surface area (Å²) < 4.78 is 10.4. The van der Waals surface area contributed by atoms with Gasteiger partial charge in [-0.3, -0.25) is 0 Å². The molecule has 140 valence electrons. The summed E-state index contributed by atoms with van der Waals surface area (Å²) in [5.74, 6) is 1.39. The Labute approximate surface area is 151 Å². The van der Waals surface area contributed by atoms with Crippen molar-refractivity contribution < 1.29 is 19.7 Å². The molecule has 2 N–H and O–H groups in total. The van der Waals surface area contributed by atoms with Crippen LogP contribution in [0.15, 0.2) is 24.3 Å². The summed E-state index contributed by atoms with van der Waals surface area (Å²) in [5.41, 5.74) is 1.09. The molecule has 0 heterocycles. The minimum absolute atomic E-state index is 0.117. The Morgan fingerprint density at radius 2 is 1.56 bits per heavy atom. The first-order valence-electron chi connectivity index (χ1n) is 9.44. The van der Waals surface area contributed by atoms with Gasteiger partial charge >= 0.3 is 0 Å². The SMILES string of the molecule is COCOc1ccc(C2CCC3(CC2)CC(O)C(C)(C)C(O)C3)cc1. The van der Waals surface area contributed by atoms with E-state index in [2.05, 4.69) is 12.1 Å². The molecule has 0 bridgehead atoms. The van der Waals surface area contributed by atoms with Crippen LogP contribution in [0.3, 0.4) is 0 Å². The Bertz CT molecular complexity index is 542. The molecular weight excluding hydrogens is 316 g/mol. The minimum atomic E-state index is -0.412. The Hall–Kier alpha value is -1.10. The molecule has 0 saturated heterocycles. The molecule has 4 nitrogen and oxygen atoms in total. The van der Waals surface area contributed by atoms with Gasteiger partial charge in [-0.1, -0.05) is 26.0 Å². The lowest BCUT2D eigenvalue weighted by atomic mass is 9.56. The highest BCUT2D eigenvalue weighted by atomic mass is 16.7. The van der Waals surface area contributed by atoms with Crippen LogP contribution in [0, 0.1) is 10.8 Å². The molecule has 4 heteroatoms. The molecule has 2 fully saturated rings. The van der Waals surface area contributed by atoms with Crippen molar-refractivity contribution in [1.29, 1.82) is 0 Å².